The Labute approximate surface area is 88.9 Å². The van der Waals surface area contributed by atoms with E-state index in [0.717, 1.165) is 10.1 Å². The van der Waals surface area contributed by atoms with Crippen LogP contribution >= 0.6 is 34.5 Å². The summed E-state index contributed by atoms with van der Waals surface area (Å²) in [6.07, 6.45) is 0. The van der Waals surface area contributed by atoms with Crippen molar-refractivity contribution in [3.8, 4) is 0 Å². The Morgan fingerprint density at radius 2 is 2.15 bits per heavy atom. The van der Waals surface area contributed by atoms with Crippen molar-refractivity contribution in [2.45, 2.75) is 0 Å². The number of carbonyl (C=O) groups excluding carboxylic acids is 1. The molecule has 0 aliphatic rings. The first-order valence-corrected chi connectivity index (χ1v) is 5.13. The van der Waals surface area contributed by atoms with Crippen molar-refractivity contribution >= 4 is 49.9 Å². The van der Waals surface area contributed by atoms with Crippen molar-refractivity contribution in [1.82, 2.24) is 0 Å². The minimum absolute atomic E-state index is 0.433. The van der Waals surface area contributed by atoms with Crippen LogP contribution in [-0.2, 0) is 0 Å². The minimum Gasteiger partial charge on any atom is -0.275 e. The number of fused-ring (bicyclic) bond motifs is 1. The van der Waals surface area contributed by atoms with Crippen LogP contribution in [-0.4, -0.2) is 5.24 Å². The normalized spacial score (nSPS) is 10.6. The molecule has 0 N–H and O–H groups in total. The van der Waals surface area contributed by atoms with Crippen molar-refractivity contribution in [2.24, 2.45) is 0 Å². The van der Waals surface area contributed by atoms with E-state index in [1.165, 1.54) is 11.3 Å². The number of hydrogen-bond acceptors (Lipinski definition) is 2. The highest BCUT2D eigenvalue weighted by molar-refractivity contribution is 7.22. The molecule has 0 atom stereocenters. The molecule has 0 radical (unpaired) electrons. The van der Waals surface area contributed by atoms with Gasteiger partial charge in [0, 0.05) is 0 Å². The molecule has 0 aliphatic carbocycles. The summed E-state index contributed by atoms with van der Waals surface area (Å²) in [6, 6.07) is 7.30. The van der Waals surface area contributed by atoms with Gasteiger partial charge in [-0.15, -0.1) is 11.3 Å². The summed E-state index contributed by atoms with van der Waals surface area (Å²) in [4.78, 5) is 11.4. The average Bonchev–Trinajstić information content (AvgIpc) is 2.49. The first-order valence-electron chi connectivity index (χ1n) is 3.56. The van der Waals surface area contributed by atoms with Gasteiger partial charge in [0.15, 0.2) is 0 Å². The Morgan fingerprint density at radius 1 is 1.38 bits per heavy atom. The second-order valence-corrected chi connectivity index (χ2v) is 4.35. The van der Waals surface area contributed by atoms with Gasteiger partial charge >= 0.3 is 0 Å². The lowest BCUT2D eigenvalue weighted by molar-refractivity contribution is 0.108. The molecule has 1 heterocycles. The van der Waals surface area contributed by atoms with Crippen LogP contribution in [0.5, 0.6) is 0 Å². The zero-order valence-corrected chi connectivity index (χ0v) is 8.71. The van der Waals surface area contributed by atoms with Gasteiger partial charge in [-0.1, -0.05) is 23.7 Å². The van der Waals surface area contributed by atoms with Gasteiger partial charge in [0.05, 0.1) is 14.6 Å². The second-order valence-electron chi connectivity index (χ2n) is 2.54. The maximum atomic E-state index is 10.9. The third-order valence-corrected chi connectivity index (χ3v) is 3.62. The smallest absolute Gasteiger partial charge is 0.262 e. The molecule has 0 unspecified atom stereocenters. The van der Waals surface area contributed by atoms with Crippen LogP contribution in [0.15, 0.2) is 24.3 Å². The van der Waals surface area contributed by atoms with Gasteiger partial charge in [-0.05, 0) is 29.1 Å². The van der Waals surface area contributed by atoms with E-state index in [2.05, 4.69) is 0 Å². The lowest BCUT2D eigenvalue weighted by Gasteiger charge is -1.89. The molecule has 4 heteroatoms. The Morgan fingerprint density at radius 3 is 2.77 bits per heavy atom. The molecule has 0 fully saturated rings. The van der Waals surface area contributed by atoms with Crippen LogP contribution in [0.2, 0.25) is 5.02 Å². The van der Waals surface area contributed by atoms with Crippen LogP contribution in [0.4, 0.5) is 0 Å². The highest BCUT2D eigenvalue weighted by atomic mass is 35.5. The van der Waals surface area contributed by atoms with E-state index in [0.29, 0.717) is 9.90 Å². The number of thiophene rings is 1. The molecule has 1 nitrogen and oxygen atoms in total. The highest BCUT2D eigenvalue weighted by Gasteiger charge is 2.08. The largest absolute Gasteiger partial charge is 0.275 e. The molecule has 0 aliphatic heterocycles. The summed E-state index contributed by atoms with van der Waals surface area (Å²) in [5, 5.41) is 1.19. The fraction of sp³-hybridized carbons (Fsp3) is 0. The van der Waals surface area contributed by atoms with Gasteiger partial charge in [0.1, 0.15) is 0 Å². The number of rotatable bonds is 1. The SMILES string of the molecule is O=C(Cl)c1cc2cccc(Cl)c2s1. The predicted octanol–water partition coefficient (Wildman–Crippen LogP) is 3.93. The second kappa shape index (κ2) is 3.29. The van der Waals surface area contributed by atoms with Crippen LogP contribution in [0, 0.1) is 0 Å². The molecular formula is C9H4Cl2OS. The Balaban J connectivity index is 2.75. The zero-order valence-electron chi connectivity index (χ0n) is 6.38. The van der Waals surface area contributed by atoms with Gasteiger partial charge in [-0.2, -0.15) is 0 Å². The van der Waals surface area contributed by atoms with E-state index in [1.54, 1.807) is 12.1 Å². The van der Waals surface area contributed by atoms with Gasteiger partial charge in [-0.25, -0.2) is 0 Å². The average molecular weight is 231 g/mol. The van der Waals surface area contributed by atoms with E-state index in [4.69, 9.17) is 23.2 Å². The third kappa shape index (κ3) is 1.57. The number of benzene rings is 1. The first-order chi connectivity index (χ1) is 6.18. The fourth-order valence-corrected chi connectivity index (χ4v) is 2.49. The minimum atomic E-state index is -0.433. The molecule has 0 amide bonds. The first kappa shape index (κ1) is 9.00. The zero-order chi connectivity index (χ0) is 9.42. The van der Waals surface area contributed by atoms with Gasteiger partial charge in [0.2, 0.25) is 0 Å². The van der Waals surface area contributed by atoms with Crippen molar-refractivity contribution < 1.29 is 4.79 Å². The summed E-state index contributed by atoms with van der Waals surface area (Å²) in [6.45, 7) is 0. The summed E-state index contributed by atoms with van der Waals surface area (Å²) in [5.74, 6) is 0. The molecule has 2 rings (SSSR count). The van der Waals surface area contributed by atoms with E-state index < -0.39 is 5.24 Å². The van der Waals surface area contributed by atoms with Gasteiger partial charge < -0.3 is 0 Å². The van der Waals surface area contributed by atoms with Crippen LogP contribution in [0.25, 0.3) is 10.1 Å². The molecule has 2 aromatic rings. The van der Waals surface area contributed by atoms with Crippen molar-refractivity contribution in [3.63, 3.8) is 0 Å². The fourth-order valence-electron chi connectivity index (χ4n) is 1.12. The van der Waals surface area contributed by atoms with Gasteiger partial charge in [-0.3, -0.25) is 4.79 Å². The van der Waals surface area contributed by atoms with E-state index in [9.17, 15) is 4.79 Å². The maximum absolute atomic E-state index is 10.9. The summed E-state index contributed by atoms with van der Waals surface area (Å²) >= 11 is 12.6. The van der Waals surface area contributed by atoms with Crippen molar-refractivity contribution in [3.05, 3.63) is 34.2 Å². The number of halogens is 2. The summed E-state index contributed by atoms with van der Waals surface area (Å²) in [5.41, 5.74) is 0. The van der Waals surface area contributed by atoms with Crippen molar-refractivity contribution in [1.29, 1.82) is 0 Å². The molecule has 1 aromatic heterocycles. The van der Waals surface area contributed by atoms with Crippen LogP contribution in [0.3, 0.4) is 0 Å². The third-order valence-electron chi connectivity index (χ3n) is 1.69. The number of hydrogen-bond donors (Lipinski definition) is 0. The molecule has 1 aromatic carbocycles. The lowest BCUT2D eigenvalue weighted by Crippen LogP contribution is -1.78. The molecule has 13 heavy (non-hydrogen) atoms. The molecule has 0 bridgehead atoms. The Bertz CT molecular complexity index is 475. The van der Waals surface area contributed by atoms with Crippen LogP contribution < -0.4 is 0 Å². The van der Waals surface area contributed by atoms with E-state index in [1.807, 2.05) is 12.1 Å². The number of carbonyl (C=O) groups is 1. The molecule has 0 spiro atoms. The Kier molecular flexibility index (Phi) is 2.28. The van der Waals surface area contributed by atoms with E-state index >= 15 is 0 Å². The molecule has 0 saturated carbocycles. The lowest BCUT2D eigenvalue weighted by atomic mass is 10.2. The highest BCUT2D eigenvalue weighted by Crippen LogP contribution is 2.32. The van der Waals surface area contributed by atoms with Gasteiger partial charge in [0.25, 0.3) is 5.24 Å². The molecule has 66 valence electrons. The topological polar surface area (TPSA) is 17.1 Å². The summed E-state index contributed by atoms with van der Waals surface area (Å²) < 4.78 is 0.910. The van der Waals surface area contributed by atoms with Crippen molar-refractivity contribution in [2.75, 3.05) is 0 Å². The van der Waals surface area contributed by atoms with E-state index in [-0.39, 0.29) is 0 Å². The molecule has 0 saturated heterocycles. The predicted molar refractivity (Wildman–Crippen MR) is 57.0 cm³/mol. The molecular weight excluding hydrogens is 227 g/mol. The quantitative estimate of drug-likeness (QED) is 0.679. The maximum Gasteiger partial charge on any atom is 0.262 e. The monoisotopic (exact) mass is 230 g/mol. The standard InChI is InChI=1S/C9H4Cl2OS/c10-6-3-1-2-5-4-7(9(11)12)13-8(5)6/h1-4H. The van der Waals surface area contributed by atoms with Crippen LogP contribution in [0.1, 0.15) is 9.67 Å². The Hall–Kier alpha value is -0.570. The summed E-state index contributed by atoms with van der Waals surface area (Å²) in [7, 11) is 0.